The molecular formula is C16H17NO5. The van der Waals surface area contributed by atoms with Gasteiger partial charge in [-0.15, -0.1) is 0 Å². The molecule has 0 radical (unpaired) electrons. The normalized spacial score (nSPS) is 10.5. The summed E-state index contributed by atoms with van der Waals surface area (Å²) < 4.78 is 6.81. The number of ether oxygens (including phenoxy) is 1. The standard InChI is InChI=1S/C16H17NO5/c1-9-6-13(10(2)17(9)3)15(20)8-22-16(21)12-5-4-11(18)7-14(12)19/h4-7,18-19H,8H2,1-3H3. The Balaban J connectivity index is 2.07. The number of aromatic hydroxyl groups is 2. The van der Waals surface area contributed by atoms with Crippen LogP contribution >= 0.6 is 0 Å². The summed E-state index contributed by atoms with van der Waals surface area (Å²) in [5, 5.41) is 18.8. The molecule has 0 aliphatic rings. The van der Waals surface area contributed by atoms with Crippen LogP contribution in [0.25, 0.3) is 0 Å². The number of hydrogen-bond donors (Lipinski definition) is 2. The Morgan fingerprint density at radius 1 is 1.14 bits per heavy atom. The molecule has 0 saturated heterocycles. The lowest BCUT2D eigenvalue weighted by molar-refractivity contribution is 0.0471. The number of phenolic OH excluding ortho intramolecular Hbond substituents is 2. The fraction of sp³-hybridized carbons (Fsp3) is 0.250. The molecule has 1 aromatic heterocycles. The lowest BCUT2D eigenvalue weighted by Gasteiger charge is -2.06. The summed E-state index contributed by atoms with van der Waals surface area (Å²) in [6.07, 6.45) is 0. The van der Waals surface area contributed by atoms with Crippen molar-refractivity contribution in [3.63, 3.8) is 0 Å². The van der Waals surface area contributed by atoms with Gasteiger partial charge in [0.1, 0.15) is 17.1 Å². The molecule has 1 aromatic carbocycles. The Bertz CT molecular complexity index is 745. The SMILES string of the molecule is Cc1cc(C(=O)COC(=O)c2ccc(O)cc2O)c(C)n1C. The maximum absolute atomic E-state index is 12.1. The van der Waals surface area contributed by atoms with Crippen molar-refractivity contribution < 1.29 is 24.5 Å². The summed E-state index contributed by atoms with van der Waals surface area (Å²) >= 11 is 0. The Morgan fingerprint density at radius 3 is 2.36 bits per heavy atom. The molecule has 0 spiro atoms. The minimum absolute atomic E-state index is 0.105. The summed E-state index contributed by atoms with van der Waals surface area (Å²) in [6, 6.07) is 5.25. The molecule has 0 saturated carbocycles. The number of rotatable bonds is 4. The Kier molecular flexibility index (Phi) is 4.21. The smallest absolute Gasteiger partial charge is 0.342 e. The highest BCUT2D eigenvalue weighted by molar-refractivity contribution is 6.01. The molecule has 2 aromatic rings. The summed E-state index contributed by atoms with van der Waals surface area (Å²) in [5.41, 5.74) is 2.13. The maximum Gasteiger partial charge on any atom is 0.342 e. The predicted molar refractivity (Wildman–Crippen MR) is 79.3 cm³/mol. The van der Waals surface area contributed by atoms with Crippen LogP contribution in [-0.2, 0) is 11.8 Å². The molecule has 1 heterocycles. The second-order valence-corrected chi connectivity index (χ2v) is 5.04. The fourth-order valence-corrected chi connectivity index (χ4v) is 2.12. The molecular weight excluding hydrogens is 286 g/mol. The number of aryl methyl sites for hydroxylation is 1. The predicted octanol–water partition coefficient (Wildman–Crippen LogP) is 2.09. The summed E-state index contributed by atoms with van der Waals surface area (Å²) in [7, 11) is 1.85. The first-order valence-corrected chi connectivity index (χ1v) is 6.66. The highest BCUT2D eigenvalue weighted by Crippen LogP contribution is 2.23. The van der Waals surface area contributed by atoms with Gasteiger partial charge in [-0.3, -0.25) is 4.79 Å². The number of esters is 1. The van der Waals surface area contributed by atoms with E-state index in [1.54, 1.807) is 6.07 Å². The zero-order chi connectivity index (χ0) is 16.4. The molecule has 0 aliphatic heterocycles. The molecule has 0 fully saturated rings. The number of aromatic nitrogens is 1. The van der Waals surface area contributed by atoms with Crippen LogP contribution in [0.15, 0.2) is 24.3 Å². The van der Waals surface area contributed by atoms with Gasteiger partial charge in [0.2, 0.25) is 5.78 Å². The molecule has 2 rings (SSSR count). The number of phenols is 2. The van der Waals surface area contributed by atoms with Crippen molar-refractivity contribution in [1.82, 2.24) is 4.57 Å². The largest absolute Gasteiger partial charge is 0.508 e. The van der Waals surface area contributed by atoms with E-state index in [2.05, 4.69) is 0 Å². The van der Waals surface area contributed by atoms with Gasteiger partial charge in [-0.1, -0.05) is 0 Å². The van der Waals surface area contributed by atoms with Gasteiger partial charge in [-0.05, 0) is 32.0 Å². The molecule has 116 valence electrons. The van der Waals surface area contributed by atoms with E-state index in [0.717, 1.165) is 17.5 Å². The van der Waals surface area contributed by atoms with Gasteiger partial charge in [0.05, 0.1) is 0 Å². The second kappa shape index (κ2) is 5.93. The average Bonchev–Trinajstić information content (AvgIpc) is 2.72. The van der Waals surface area contributed by atoms with Gasteiger partial charge < -0.3 is 19.5 Å². The van der Waals surface area contributed by atoms with Crippen molar-refractivity contribution in [3.8, 4) is 11.5 Å². The zero-order valence-corrected chi connectivity index (χ0v) is 12.6. The average molecular weight is 303 g/mol. The van der Waals surface area contributed by atoms with Crippen LogP contribution in [0.4, 0.5) is 0 Å². The van der Waals surface area contributed by atoms with Crippen LogP contribution < -0.4 is 0 Å². The van der Waals surface area contributed by atoms with Crippen molar-refractivity contribution in [2.24, 2.45) is 7.05 Å². The minimum Gasteiger partial charge on any atom is -0.508 e. The third-order valence-corrected chi connectivity index (χ3v) is 3.61. The fourth-order valence-electron chi connectivity index (χ4n) is 2.12. The van der Waals surface area contributed by atoms with Crippen molar-refractivity contribution in [2.45, 2.75) is 13.8 Å². The molecule has 2 N–H and O–H groups in total. The Morgan fingerprint density at radius 2 is 1.82 bits per heavy atom. The van der Waals surface area contributed by atoms with Crippen molar-refractivity contribution in [2.75, 3.05) is 6.61 Å². The number of benzene rings is 1. The highest BCUT2D eigenvalue weighted by Gasteiger charge is 2.18. The van der Waals surface area contributed by atoms with Gasteiger partial charge in [0.15, 0.2) is 6.61 Å². The van der Waals surface area contributed by atoms with Gasteiger partial charge in [0, 0.05) is 30.1 Å². The van der Waals surface area contributed by atoms with E-state index in [0.29, 0.717) is 5.56 Å². The molecule has 22 heavy (non-hydrogen) atoms. The summed E-state index contributed by atoms with van der Waals surface area (Å²) in [4.78, 5) is 24.0. The second-order valence-electron chi connectivity index (χ2n) is 5.04. The van der Waals surface area contributed by atoms with E-state index in [1.807, 2.05) is 25.5 Å². The molecule has 0 amide bonds. The van der Waals surface area contributed by atoms with E-state index in [4.69, 9.17) is 4.74 Å². The van der Waals surface area contributed by atoms with Crippen LogP contribution in [0.1, 0.15) is 32.1 Å². The number of nitrogens with zero attached hydrogens (tertiary/aromatic N) is 1. The van der Waals surface area contributed by atoms with E-state index >= 15 is 0 Å². The first kappa shape index (κ1) is 15.6. The van der Waals surface area contributed by atoms with E-state index in [-0.39, 0.29) is 17.1 Å². The third-order valence-electron chi connectivity index (χ3n) is 3.61. The van der Waals surface area contributed by atoms with Crippen LogP contribution in [-0.4, -0.2) is 33.1 Å². The number of carbonyl (C=O) groups excluding carboxylic acids is 2. The Hall–Kier alpha value is -2.76. The monoisotopic (exact) mass is 303 g/mol. The number of carbonyl (C=O) groups is 2. The van der Waals surface area contributed by atoms with E-state index in [9.17, 15) is 19.8 Å². The van der Waals surface area contributed by atoms with Crippen LogP contribution in [0, 0.1) is 13.8 Å². The van der Waals surface area contributed by atoms with E-state index < -0.39 is 18.3 Å². The molecule has 0 bridgehead atoms. The van der Waals surface area contributed by atoms with Gasteiger partial charge in [0.25, 0.3) is 0 Å². The molecule has 6 heteroatoms. The molecule has 0 aliphatic carbocycles. The lowest BCUT2D eigenvalue weighted by Crippen LogP contribution is -2.15. The number of hydrogen-bond acceptors (Lipinski definition) is 5. The molecule has 6 nitrogen and oxygen atoms in total. The minimum atomic E-state index is -0.823. The molecule has 0 unspecified atom stereocenters. The van der Waals surface area contributed by atoms with Crippen molar-refractivity contribution in [1.29, 1.82) is 0 Å². The first-order chi connectivity index (χ1) is 10.3. The van der Waals surface area contributed by atoms with E-state index in [1.165, 1.54) is 12.1 Å². The first-order valence-electron chi connectivity index (χ1n) is 6.66. The van der Waals surface area contributed by atoms with Crippen LogP contribution in [0.3, 0.4) is 0 Å². The van der Waals surface area contributed by atoms with Gasteiger partial charge in [-0.25, -0.2) is 4.79 Å². The zero-order valence-electron chi connectivity index (χ0n) is 12.6. The Labute approximate surface area is 127 Å². The van der Waals surface area contributed by atoms with Crippen LogP contribution in [0.2, 0.25) is 0 Å². The lowest BCUT2D eigenvalue weighted by atomic mass is 10.1. The van der Waals surface area contributed by atoms with Crippen molar-refractivity contribution >= 4 is 11.8 Å². The quantitative estimate of drug-likeness (QED) is 0.667. The third kappa shape index (κ3) is 2.95. The van der Waals surface area contributed by atoms with Gasteiger partial charge >= 0.3 is 5.97 Å². The van der Waals surface area contributed by atoms with Crippen LogP contribution in [0.5, 0.6) is 11.5 Å². The number of ketones is 1. The highest BCUT2D eigenvalue weighted by atomic mass is 16.5. The number of Topliss-reactive ketones (excluding diaryl/α,β-unsaturated/α-hetero) is 1. The summed E-state index contributed by atoms with van der Waals surface area (Å²) in [5.74, 6) is -1.70. The van der Waals surface area contributed by atoms with Gasteiger partial charge in [-0.2, -0.15) is 0 Å². The molecule has 0 atom stereocenters. The summed E-state index contributed by atoms with van der Waals surface area (Å²) in [6.45, 7) is 3.28. The topological polar surface area (TPSA) is 88.8 Å². The van der Waals surface area contributed by atoms with Crippen molar-refractivity contribution in [3.05, 3.63) is 46.8 Å². The maximum atomic E-state index is 12.1.